The Hall–Kier alpha value is -0.520. The Labute approximate surface area is 69.0 Å². The van der Waals surface area contributed by atoms with Crippen molar-refractivity contribution in [3.63, 3.8) is 0 Å². The van der Waals surface area contributed by atoms with Gasteiger partial charge in [0.1, 0.15) is 5.60 Å². The third kappa shape index (κ3) is 5.90. The zero-order valence-electron chi connectivity index (χ0n) is 7.35. The Morgan fingerprint density at radius 1 is 1.55 bits per heavy atom. The minimum absolute atomic E-state index is 0.615. The third-order valence-electron chi connectivity index (χ3n) is 1.53. The first-order valence-corrected chi connectivity index (χ1v) is 4.03. The van der Waals surface area contributed by atoms with Gasteiger partial charge in [0, 0.05) is 0 Å². The van der Waals surface area contributed by atoms with E-state index in [0.717, 1.165) is 19.5 Å². The Kier molecular flexibility index (Phi) is 4.93. The standard InChI is InChI=1S/C9H17NO/c1-4-7-10-8-6-9(3,11)5-2/h2,10-11H,4,6-8H2,1,3H3. The molecule has 0 saturated heterocycles. The first kappa shape index (κ1) is 10.5. The first-order chi connectivity index (χ1) is 5.12. The zero-order valence-corrected chi connectivity index (χ0v) is 7.35. The van der Waals surface area contributed by atoms with Crippen molar-refractivity contribution in [2.75, 3.05) is 13.1 Å². The number of terminal acetylenes is 1. The molecule has 64 valence electrons. The van der Waals surface area contributed by atoms with E-state index in [9.17, 15) is 5.11 Å². The summed E-state index contributed by atoms with van der Waals surface area (Å²) in [4.78, 5) is 0. The molecule has 0 aliphatic carbocycles. The van der Waals surface area contributed by atoms with Gasteiger partial charge >= 0.3 is 0 Å². The van der Waals surface area contributed by atoms with Crippen LogP contribution in [0.2, 0.25) is 0 Å². The molecule has 0 aromatic heterocycles. The Bertz CT molecular complexity index is 135. The van der Waals surface area contributed by atoms with Crippen molar-refractivity contribution in [3.05, 3.63) is 0 Å². The molecule has 2 heteroatoms. The van der Waals surface area contributed by atoms with Crippen molar-refractivity contribution in [3.8, 4) is 12.3 Å². The molecule has 0 amide bonds. The fourth-order valence-electron chi connectivity index (χ4n) is 0.706. The molecular weight excluding hydrogens is 138 g/mol. The molecule has 0 aromatic rings. The molecule has 11 heavy (non-hydrogen) atoms. The molecule has 1 atom stereocenters. The maximum atomic E-state index is 9.35. The van der Waals surface area contributed by atoms with Crippen LogP contribution in [0, 0.1) is 12.3 Å². The molecule has 0 aliphatic heterocycles. The Morgan fingerprint density at radius 3 is 2.64 bits per heavy atom. The topological polar surface area (TPSA) is 32.3 Å². The van der Waals surface area contributed by atoms with E-state index in [1.165, 1.54) is 0 Å². The van der Waals surface area contributed by atoms with Crippen LogP contribution in [0.15, 0.2) is 0 Å². The number of hydrogen-bond acceptors (Lipinski definition) is 2. The smallest absolute Gasteiger partial charge is 0.123 e. The Balaban J connectivity index is 3.32. The van der Waals surface area contributed by atoms with Crippen LogP contribution in [0.5, 0.6) is 0 Å². The van der Waals surface area contributed by atoms with Crippen LogP contribution in [0.4, 0.5) is 0 Å². The van der Waals surface area contributed by atoms with Gasteiger partial charge in [0.05, 0.1) is 0 Å². The molecule has 2 N–H and O–H groups in total. The fraction of sp³-hybridized carbons (Fsp3) is 0.778. The van der Waals surface area contributed by atoms with Gasteiger partial charge in [-0.2, -0.15) is 0 Å². The summed E-state index contributed by atoms with van der Waals surface area (Å²) >= 11 is 0. The second kappa shape index (κ2) is 5.17. The second-order valence-corrected chi connectivity index (χ2v) is 2.92. The summed E-state index contributed by atoms with van der Waals surface area (Å²) in [7, 11) is 0. The maximum absolute atomic E-state index is 9.35. The lowest BCUT2D eigenvalue weighted by Crippen LogP contribution is -2.28. The average Bonchev–Trinajstić information content (AvgIpc) is 1.99. The van der Waals surface area contributed by atoms with Crippen molar-refractivity contribution in [1.29, 1.82) is 0 Å². The summed E-state index contributed by atoms with van der Waals surface area (Å²) in [5.41, 5.74) is -0.944. The van der Waals surface area contributed by atoms with E-state index in [2.05, 4.69) is 18.2 Å². The van der Waals surface area contributed by atoms with Crippen LogP contribution >= 0.6 is 0 Å². The molecular formula is C9H17NO. The van der Waals surface area contributed by atoms with E-state index >= 15 is 0 Å². The fourth-order valence-corrected chi connectivity index (χ4v) is 0.706. The lowest BCUT2D eigenvalue weighted by Gasteiger charge is -2.15. The van der Waals surface area contributed by atoms with E-state index in [1.54, 1.807) is 6.92 Å². The number of rotatable bonds is 5. The van der Waals surface area contributed by atoms with E-state index in [1.807, 2.05) is 0 Å². The molecule has 1 unspecified atom stereocenters. The van der Waals surface area contributed by atoms with Gasteiger partial charge in [-0.05, 0) is 32.9 Å². The predicted octanol–water partition coefficient (Wildman–Crippen LogP) is 0.760. The molecule has 0 spiro atoms. The highest BCUT2D eigenvalue weighted by Gasteiger charge is 2.14. The van der Waals surface area contributed by atoms with Crippen molar-refractivity contribution in [2.45, 2.75) is 32.3 Å². The van der Waals surface area contributed by atoms with Crippen LogP contribution < -0.4 is 5.32 Å². The molecule has 0 saturated carbocycles. The van der Waals surface area contributed by atoms with Gasteiger partial charge in [0.15, 0.2) is 0 Å². The highest BCUT2D eigenvalue weighted by Crippen LogP contribution is 2.04. The summed E-state index contributed by atoms with van der Waals surface area (Å²) in [6, 6.07) is 0. The van der Waals surface area contributed by atoms with Crippen molar-refractivity contribution >= 4 is 0 Å². The lowest BCUT2D eigenvalue weighted by atomic mass is 10.0. The molecule has 0 aromatic carbocycles. The number of aliphatic hydroxyl groups is 1. The zero-order chi connectivity index (χ0) is 8.74. The summed E-state index contributed by atoms with van der Waals surface area (Å²) in [6.07, 6.45) is 6.82. The van der Waals surface area contributed by atoms with Crippen LogP contribution in [0.1, 0.15) is 26.7 Å². The Morgan fingerprint density at radius 2 is 2.18 bits per heavy atom. The third-order valence-corrected chi connectivity index (χ3v) is 1.53. The molecule has 0 fully saturated rings. The molecule has 0 rings (SSSR count). The van der Waals surface area contributed by atoms with Crippen LogP contribution in [-0.2, 0) is 0 Å². The van der Waals surface area contributed by atoms with Gasteiger partial charge in [-0.3, -0.25) is 0 Å². The van der Waals surface area contributed by atoms with E-state index in [-0.39, 0.29) is 0 Å². The second-order valence-electron chi connectivity index (χ2n) is 2.92. The molecule has 0 radical (unpaired) electrons. The molecule has 0 bridgehead atoms. The summed E-state index contributed by atoms with van der Waals surface area (Å²) in [5.74, 6) is 2.33. The number of nitrogens with one attached hydrogen (secondary N) is 1. The van der Waals surface area contributed by atoms with Gasteiger partial charge in [0.2, 0.25) is 0 Å². The first-order valence-electron chi connectivity index (χ1n) is 4.03. The average molecular weight is 155 g/mol. The minimum Gasteiger partial charge on any atom is -0.378 e. The van der Waals surface area contributed by atoms with Gasteiger partial charge < -0.3 is 10.4 Å². The van der Waals surface area contributed by atoms with Gasteiger partial charge in [-0.25, -0.2) is 0 Å². The van der Waals surface area contributed by atoms with E-state index in [0.29, 0.717) is 6.42 Å². The molecule has 0 aliphatic rings. The normalized spacial score (nSPS) is 15.5. The van der Waals surface area contributed by atoms with Crippen LogP contribution in [0.25, 0.3) is 0 Å². The highest BCUT2D eigenvalue weighted by molar-refractivity contribution is 5.04. The van der Waals surface area contributed by atoms with Gasteiger partial charge in [-0.1, -0.05) is 12.8 Å². The monoisotopic (exact) mass is 155 g/mol. The van der Waals surface area contributed by atoms with Crippen LogP contribution in [-0.4, -0.2) is 23.8 Å². The van der Waals surface area contributed by atoms with Crippen molar-refractivity contribution in [2.24, 2.45) is 0 Å². The predicted molar refractivity (Wildman–Crippen MR) is 47.2 cm³/mol. The van der Waals surface area contributed by atoms with Crippen LogP contribution in [0.3, 0.4) is 0 Å². The summed E-state index contributed by atoms with van der Waals surface area (Å²) in [5, 5.41) is 12.5. The minimum atomic E-state index is -0.944. The number of hydrogen-bond donors (Lipinski definition) is 2. The SMILES string of the molecule is C#CC(C)(O)CCNCCC. The largest absolute Gasteiger partial charge is 0.378 e. The summed E-state index contributed by atoms with van der Waals surface area (Å²) in [6.45, 7) is 5.53. The maximum Gasteiger partial charge on any atom is 0.123 e. The van der Waals surface area contributed by atoms with E-state index in [4.69, 9.17) is 6.42 Å². The highest BCUT2D eigenvalue weighted by atomic mass is 16.3. The van der Waals surface area contributed by atoms with Crippen molar-refractivity contribution < 1.29 is 5.11 Å². The van der Waals surface area contributed by atoms with E-state index < -0.39 is 5.60 Å². The van der Waals surface area contributed by atoms with Crippen molar-refractivity contribution in [1.82, 2.24) is 5.32 Å². The van der Waals surface area contributed by atoms with Gasteiger partial charge in [-0.15, -0.1) is 6.42 Å². The lowest BCUT2D eigenvalue weighted by molar-refractivity contribution is 0.112. The van der Waals surface area contributed by atoms with Gasteiger partial charge in [0.25, 0.3) is 0 Å². The molecule has 0 heterocycles. The quantitative estimate of drug-likeness (QED) is 0.454. The summed E-state index contributed by atoms with van der Waals surface area (Å²) < 4.78 is 0. The molecule has 2 nitrogen and oxygen atoms in total.